The van der Waals surface area contributed by atoms with Gasteiger partial charge in [-0.2, -0.15) is 0 Å². The zero-order valence-corrected chi connectivity index (χ0v) is 23.4. The molecule has 192 valence electrons. The summed E-state index contributed by atoms with van der Waals surface area (Å²) in [4.78, 5) is 31.1. The molecule has 0 spiro atoms. The lowest BCUT2D eigenvalue weighted by Gasteiger charge is -2.50. The van der Waals surface area contributed by atoms with Crippen molar-refractivity contribution in [2.75, 3.05) is 0 Å². The number of rotatable bonds is 7. The Kier molecular flexibility index (Phi) is 6.80. The number of benzene rings is 4. The van der Waals surface area contributed by atoms with Crippen LogP contribution in [0, 0.1) is 5.92 Å². The summed E-state index contributed by atoms with van der Waals surface area (Å²) in [7, 11) is -3.34. The second kappa shape index (κ2) is 10.1. The molecule has 4 aromatic carbocycles. The van der Waals surface area contributed by atoms with Crippen LogP contribution >= 0.6 is 0 Å². The fourth-order valence-electron chi connectivity index (χ4n) is 6.20. The number of nitrogens with zero attached hydrogens (tertiary/aromatic N) is 2. The SMILES string of the molecule is CC(C)N1C(=O)N([Si](c2ccccc2)(c2ccccc2)c2ccccc2)C(c2ccccc2)(C(C)C)C1=O. The number of imide groups is 1. The molecule has 4 aromatic rings. The van der Waals surface area contributed by atoms with Gasteiger partial charge in [-0.05, 0) is 40.9 Å². The molecule has 0 saturated carbocycles. The molecule has 0 radical (unpaired) electrons. The van der Waals surface area contributed by atoms with Crippen molar-refractivity contribution in [1.82, 2.24) is 9.47 Å². The van der Waals surface area contributed by atoms with E-state index in [0.29, 0.717) is 0 Å². The molecule has 5 rings (SSSR count). The zero-order chi connectivity index (χ0) is 26.9. The van der Waals surface area contributed by atoms with Crippen molar-refractivity contribution < 1.29 is 9.59 Å². The van der Waals surface area contributed by atoms with E-state index in [1.54, 1.807) is 0 Å². The molecule has 5 heteroatoms. The van der Waals surface area contributed by atoms with E-state index in [0.717, 1.165) is 21.1 Å². The van der Waals surface area contributed by atoms with Crippen LogP contribution in [0.25, 0.3) is 0 Å². The van der Waals surface area contributed by atoms with Crippen LogP contribution in [0.3, 0.4) is 0 Å². The zero-order valence-electron chi connectivity index (χ0n) is 22.4. The number of carbonyl (C=O) groups excluding carboxylic acids is 2. The molecule has 1 saturated heterocycles. The minimum atomic E-state index is -3.34. The molecule has 3 amide bonds. The molecular weight excluding hydrogens is 484 g/mol. The Morgan fingerprint density at radius 1 is 0.579 bits per heavy atom. The first kappa shape index (κ1) is 25.7. The maximum atomic E-state index is 14.9. The van der Waals surface area contributed by atoms with E-state index in [-0.39, 0.29) is 23.9 Å². The summed E-state index contributed by atoms with van der Waals surface area (Å²) in [5, 5.41) is 3.18. The van der Waals surface area contributed by atoms with E-state index in [4.69, 9.17) is 0 Å². The lowest BCUT2D eigenvalue weighted by molar-refractivity contribution is -0.135. The van der Waals surface area contributed by atoms with E-state index in [1.165, 1.54) is 4.90 Å². The minimum absolute atomic E-state index is 0.154. The fourth-order valence-corrected chi connectivity index (χ4v) is 11.4. The molecule has 1 atom stereocenters. The molecule has 0 N–H and O–H groups in total. The maximum Gasteiger partial charge on any atom is 0.320 e. The average Bonchev–Trinajstić information content (AvgIpc) is 3.19. The number of carbonyl (C=O) groups is 2. The van der Waals surface area contributed by atoms with E-state index in [9.17, 15) is 9.59 Å². The third-order valence-corrected chi connectivity index (χ3v) is 12.5. The highest BCUT2D eigenvalue weighted by Crippen LogP contribution is 2.46. The summed E-state index contributed by atoms with van der Waals surface area (Å²) < 4.78 is 2.03. The summed E-state index contributed by atoms with van der Waals surface area (Å²) >= 11 is 0. The summed E-state index contributed by atoms with van der Waals surface area (Å²) in [6.07, 6.45) is 0. The first-order valence-electron chi connectivity index (χ1n) is 13.3. The van der Waals surface area contributed by atoms with Crippen molar-refractivity contribution in [2.24, 2.45) is 5.92 Å². The molecule has 1 fully saturated rings. The third kappa shape index (κ3) is 3.64. The van der Waals surface area contributed by atoms with Gasteiger partial charge in [-0.1, -0.05) is 135 Å². The van der Waals surface area contributed by atoms with Crippen LogP contribution in [-0.2, 0) is 10.3 Å². The van der Waals surface area contributed by atoms with E-state index < -0.39 is 13.8 Å². The quantitative estimate of drug-likeness (QED) is 0.199. The Labute approximate surface area is 226 Å². The van der Waals surface area contributed by atoms with Crippen LogP contribution in [-0.4, -0.2) is 35.7 Å². The molecule has 1 heterocycles. The molecule has 0 aromatic heterocycles. The molecule has 4 nitrogen and oxygen atoms in total. The van der Waals surface area contributed by atoms with Crippen molar-refractivity contribution in [3.63, 3.8) is 0 Å². The van der Waals surface area contributed by atoms with E-state index in [1.807, 2.05) is 103 Å². The van der Waals surface area contributed by atoms with Gasteiger partial charge in [-0.3, -0.25) is 9.69 Å². The summed E-state index contributed by atoms with van der Waals surface area (Å²) in [6, 6.07) is 40.3. The van der Waals surface area contributed by atoms with Crippen LogP contribution in [0.5, 0.6) is 0 Å². The molecule has 1 aliphatic rings. The van der Waals surface area contributed by atoms with Crippen molar-refractivity contribution in [3.05, 3.63) is 127 Å². The molecular formula is C33H34N2O2Si. The van der Waals surface area contributed by atoms with E-state index >= 15 is 0 Å². The Balaban J connectivity index is 2.00. The number of hydrogen-bond donors (Lipinski definition) is 0. The molecule has 1 unspecified atom stereocenters. The Morgan fingerprint density at radius 2 is 0.947 bits per heavy atom. The van der Waals surface area contributed by atoms with Gasteiger partial charge in [-0.15, -0.1) is 0 Å². The topological polar surface area (TPSA) is 40.6 Å². The van der Waals surface area contributed by atoms with Gasteiger partial charge in [-0.25, -0.2) is 4.79 Å². The van der Waals surface area contributed by atoms with Crippen LogP contribution < -0.4 is 15.6 Å². The second-order valence-electron chi connectivity index (χ2n) is 10.5. The summed E-state index contributed by atoms with van der Waals surface area (Å²) in [5.74, 6) is -0.341. The normalized spacial score (nSPS) is 18.1. The number of amides is 3. The van der Waals surface area contributed by atoms with Gasteiger partial charge in [0, 0.05) is 6.04 Å². The minimum Gasteiger partial charge on any atom is -0.320 e. The standard InChI is InChI=1S/C33H34N2O2Si/c1-25(2)33(27-17-9-5-10-18-27)31(36)34(26(3)4)32(37)35(33)38(28-19-11-6-12-20-28,29-21-13-7-14-22-29)30-23-15-8-16-24-30/h5-26H,1-4H3. The summed E-state index contributed by atoms with van der Waals surface area (Å²) in [5.41, 5.74) is -0.340. The van der Waals surface area contributed by atoms with Crippen molar-refractivity contribution in [1.29, 1.82) is 0 Å². The Bertz CT molecular complexity index is 1310. The van der Waals surface area contributed by atoms with Gasteiger partial charge >= 0.3 is 6.03 Å². The highest BCUT2D eigenvalue weighted by atomic mass is 28.3. The first-order chi connectivity index (χ1) is 18.4. The first-order valence-corrected chi connectivity index (χ1v) is 15.2. The Hall–Kier alpha value is -3.96. The monoisotopic (exact) mass is 518 g/mol. The van der Waals surface area contributed by atoms with Crippen LogP contribution in [0.2, 0.25) is 0 Å². The Morgan fingerprint density at radius 3 is 1.29 bits per heavy atom. The third-order valence-electron chi connectivity index (χ3n) is 7.77. The van der Waals surface area contributed by atoms with Gasteiger partial charge in [0.2, 0.25) is 0 Å². The maximum absolute atomic E-state index is 14.9. The van der Waals surface area contributed by atoms with Gasteiger partial charge in [0.1, 0.15) is 5.54 Å². The largest absolute Gasteiger partial charge is 0.320 e. The molecule has 0 bridgehead atoms. The van der Waals surface area contributed by atoms with Crippen molar-refractivity contribution in [3.8, 4) is 0 Å². The number of urea groups is 1. The van der Waals surface area contributed by atoms with E-state index in [2.05, 4.69) is 50.2 Å². The molecule has 38 heavy (non-hydrogen) atoms. The molecule has 0 aliphatic carbocycles. The molecule has 1 aliphatic heterocycles. The smallest absolute Gasteiger partial charge is 0.320 e. The summed E-state index contributed by atoms with van der Waals surface area (Å²) in [6.45, 7) is 7.97. The predicted octanol–water partition coefficient (Wildman–Crippen LogP) is 4.88. The van der Waals surface area contributed by atoms with Crippen molar-refractivity contribution >= 4 is 35.7 Å². The lowest BCUT2D eigenvalue weighted by atomic mass is 9.79. The second-order valence-corrected chi connectivity index (χ2v) is 14.1. The lowest BCUT2D eigenvalue weighted by Crippen LogP contribution is -2.81. The van der Waals surface area contributed by atoms with Crippen molar-refractivity contribution in [2.45, 2.75) is 39.3 Å². The van der Waals surface area contributed by atoms with Crippen LogP contribution in [0.1, 0.15) is 33.3 Å². The van der Waals surface area contributed by atoms with Gasteiger partial charge < -0.3 is 4.57 Å². The van der Waals surface area contributed by atoms with Gasteiger partial charge in [0.25, 0.3) is 14.1 Å². The predicted molar refractivity (Wildman–Crippen MR) is 156 cm³/mol. The van der Waals surface area contributed by atoms with Gasteiger partial charge in [0.15, 0.2) is 0 Å². The van der Waals surface area contributed by atoms with Gasteiger partial charge in [0.05, 0.1) is 0 Å². The average molecular weight is 519 g/mol. The highest BCUT2D eigenvalue weighted by Gasteiger charge is 2.68. The van der Waals surface area contributed by atoms with Crippen LogP contribution in [0.15, 0.2) is 121 Å². The fraction of sp³-hybridized carbons (Fsp3) is 0.212. The number of hydrogen-bond acceptors (Lipinski definition) is 2. The van der Waals surface area contributed by atoms with Crippen LogP contribution in [0.4, 0.5) is 4.79 Å². The highest BCUT2D eigenvalue weighted by molar-refractivity contribution is 7.10.